The zero-order valence-corrected chi connectivity index (χ0v) is 16.9. The highest BCUT2D eigenvalue weighted by molar-refractivity contribution is 7.16. The van der Waals surface area contributed by atoms with Crippen molar-refractivity contribution in [3.05, 3.63) is 39.9 Å². The quantitative estimate of drug-likeness (QED) is 0.695. The SMILES string of the molecule is COc1cccc(C(=O)[C@@H]2CCCN(Cc3sc(N(C)C)nc3Cl)C2)c1. The van der Waals surface area contributed by atoms with E-state index in [1.165, 1.54) is 0 Å². The maximum absolute atomic E-state index is 12.9. The zero-order chi connectivity index (χ0) is 18.7. The van der Waals surface area contributed by atoms with Crippen molar-refractivity contribution < 1.29 is 9.53 Å². The van der Waals surface area contributed by atoms with Gasteiger partial charge < -0.3 is 9.64 Å². The Labute approximate surface area is 163 Å². The Bertz CT molecular complexity index is 778. The van der Waals surface area contributed by atoms with Crippen molar-refractivity contribution in [2.45, 2.75) is 19.4 Å². The number of piperidine rings is 1. The van der Waals surface area contributed by atoms with Gasteiger partial charge in [0.1, 0.15) is 10.9 Å². The second-order valence-electron chi connectivity index (χ2n) is 6.78. The molecule has 0 N–H and O–H groups in total. The number of methoxy groups -OCH3 is 1. The van der Waals surface area contributed by atoms with Crippen LogP contribution in [0, 0.1) is 5.92 Å². The first kappa shape index (κ1) is 19.1. The molecule has 1 aliphatic heterocycles. The summed E-state index contributed by atoms with van der Waals surface area (Å²) in [4.78, 5) is 22.6. The molecule has 2 heterocycles. The predicted octanol–water partition coefficient (Wildman–Crippen LogP) is 3.97. The summed E-state index contributed by atoms with van der Waals surface area (Å²) in [6.45, 7) is 2.47. The molecule has 1 fully saturated rings. The summed E-state index contributed by atoms with van der Waals surface area (Å²) >= 11 is 7.91. The van der Waals surface area contributed by atoms with E-state index in [2.05, 4.69) is 9.88 Å². The highest BCUT2D eigenvalue weighted by atomic mass is 35.5. The standard InChI is InChI=1S/C19H24ClN3O2S/c1-22(2)19-21-18(20)16(26-19)12-23-9-5-7-14(11-23)17(24)13-6-4-8-15(10-13)25-3/h4,6,8,10,14H,5,7,9,11-12H2,1-3H3/t14-/m1/s1. The fourth-order valence-electron chi connectivity index (χ4n) is 3.24. The van der Waals surface area contributed by atoms with Crippen LogP contribution in [0.5, 0.6) is 5.75 Å². The molecule has 0 radical (unpaired) electrons. The van der Waals surface area contributed by atoms with Crippen LogP contribution in [-0.2, 0) is 6.54 Å². The van der Waals surface area contributed by atoms with E-state index >= 15 is 0 Å². The van der Waals surface area contributed by atoms with Gasteiger partial charge in [0.2, 0.25) is 0 Å². The Morgan fingerprint density at radius 2 is 2.27 bits per heavy atom. The van der Waals surface area contributed by atoms with Crippen molar-refractivity contribution in [3.8, 4) is 5.75 Å². The van der Waals surface area contributed by atoms with Crippen molar-refractivity contribution in [1.82, 2.24) is 9.88 Å². The molecular weight excluding hydrogens is 370 g/mol. The maximum atomic E-state index is 12.9. The Morgan fingerprint density at radius 1 is 1.46 bits per heavy atom. The molecule has 7 heteroatoms. The number of ether oxygens (including phenoxy) is 1. The number of anilines is 1. The number of thiazole rings is 1. The molecule has 26 heavy (non-hydrogen) atoms. The van der Waals surface area contributed by atoms with Crippen molar-refractivity contribution in [1.29, 1.82) is 0 Å². The number of nitrogens with zero attached hydrogens (tertiary/aromatic N) is 3. The summed E-state index contributed by atoms with van der Waals surface area (Å²) < 4.78 is 5.24. The molecule has 1 saturated heterocycles. The Hall–Kier alpha value is -1.63. The van der Waals surface area contributed by atoms with Gasteiger partial charge in [0.05, 0.1) is 12.0 Å². The van der Waals surface area contributed by atoms with E-state index in [4.69, 9.17) is 16.3 Å². The summed E-state index contributed by atoms with van der Waals surface area (Å²) in [7, 11) is 5.54. The molecule has 0 unspecified atom stereocenters. The van der Waals surface area contributed by atoms with Gasteiger partial charge in [0.15, 0.2) is 10.9 Å². The van der Waals surface area contributed by atoms with E-state index in [-0.39, 0.29) is 11.7 Å². The van der Waals surface area contributed by atoms with Gasteiger partial charge in [-0.1, -0.05) is 35.1 Å². The minimum atomic E-state index is 0.0101. The van der Waals surface area contributed by atoms with Crippen LogP contribution in [0.3, 0.4) is 0 Å². The molecule has 0 aliphatic carbocycles. The fraction of sp³-hybridized carbons (Fsp3) is 0.474. The lowest BCUT2D eigenvalue weighted by Gasteiger charge is -2.31. The third kappa shape index (κ3) is 4.37. The highest BCUT2D eigenvalue weighted by Crippen LogP contribution is 2.31. The van der Waals surface area contributed by atoms with Gasteiger partial charge in [-0.3, -0.25) is 9.69 Å². The molecule has 0 bridgehead atoms. The first-order chi connectivity index (χ1) is 12.5. The van der Waals surface area contributed by atoms with Crippen LogP contribution in [0.1, 0.15) is 28.1 Å². The number of benzene rings is 1. The summed E-state index contributed by atoms with van der Waals surface area (Å²) in [5.41, 5.74) is 0.724. The predicted molar refractivity (Wildman–Crippen MR) is 107 cm³/mol. The lowest BCUT2D eigenvalue weighted by molar-refractivity contribution is 0.0812. The summed E-state index contributed by atoms with van der Waals surface area (Å²) in [5.74, 6) is 0.921. The van der Waals surface area contributed by atoms with Crippen LogP contribution < -0.4 is 9.64 Å². The number of likely N-dealkylation sites (tertiary alicyclic amines) is 1. The maximum Gasteiger partial charge on any atom is 0.186 e. The molecule has 1 atom stereocenters. The average molecular weight is 394 g/mol. The smallest absolute Gasteiger partial charge is 0.186 e. The molecule has 5 nitrogen and oxygen atoms in total. The van der Waals surface area contributed by atoms with E-state index in [0.717, 1.165) is 53.8 Å². The Morgan fingerprint density at radius 3 is 2.96 bits per heavy atom. The van der Waals surface area contributed by atoms with Crippen LogP contribution >= 0.6 is 22.9 Å². The lowest BCUT2D eigenvalue weighted by Crippen LogP contribution is -2.38. The summed E-state index contributed by atoms with van der Waals surface area (Å²) in [6.07, 6.45) is 1.93. The third-order valence-corrected chi connectivity index (χ3v) is 6.25. The number of hydrogen-bond donors (Lipinski definition) is 0. The number of carbonyl (C=O) groups is 1. The lowest BCUT2D eigenvalue weighted by atomic mass is 9.90. The fourth-order valence-corrected chi connectivity index (χ4v) is 4.46. The van der Waals surface area contributed by atoms with Crippen LogP contribution in [0.15, 0.2) is 24.3 Å². The number of rotatable bonds is 6. The highest BCUT2D eigenvalue weighted by Gasteiger charge is 2.27. The summed E-state index contributed by atoms with van der Waals surface area (Å²) in [6, 6.07) is 7.42. The summed E-state index contributed by atoms with van der Waals surface area (Å²) in [5, 5.41) is 1.48. The normalized spacial score (nSPS) is 17.9. The molecule has 0 saturated carbocycles. The molecule has 1 aromatic carbocycles. The number of halogens is 1. The van der Waals surface area contributed by atoms with Gasteiger partial charge >= 0.3 is 0 Å². The molecule has 0 amide bonds. The van der Waals surface area contributed by atoms with E-state index in [0.29, 0.717) is 5.15 Å². The minimum Gasteiger partial charge on any atom is -0.497 e. The van der Waals surface area contributed by atoms with E-state index in [1.54, 1.807) is 18.4 Å². The van der Waals surface area contributed by atoms with E-state index in [9.17, 15) is 4.79 Å². The van der Waals surface area contributed by atoms with Crippen molar-refractivity contribution in [2.24, 2.45) is 5.92 Å². The number of ketones is 1. The van der Waals surface area contributed by atoms with Crippen molar-refractivity contribution >= 4 is 33.9 Å². The van der Waals surface area contributed by atoms with E-state index in [1.807, 2.05) is 43.3 Å². The third-order valence-electron chi connectivity index (χ3n) is 4.62. The van der Waals surface area contributed by atoms with E-state index < -0.39 is 0 Å². The molecular formula is C19H24ClN3O2S. The molecule has 2 aromatic rings. The largest absolute Gasteiger partial charge is 0.497 e. The number of carbonyl (C=O) groups excluding carboxylic acids is 1. The molecule has 0 spiro atoms. The number of hydrogen-bond acceptors (Lipinski definition) is 6. The van der Waals surface area contributed by atoms with Gasteiger partial charge in [-0.2, -0.15) is 0 Å². The first-order valence-electron chi connectivity index (χ1n) is 8.71. The van der Waals surface area contributed by atoms with Gasteiger partial charge in [0, 0.05) is 38.7 Å². The molecule has 3 rings (SSSR count). The average Bonchev–Trinajstić information content (AvgIpc) is 3.02. The zero-order valence-electron chi connectivity index (χ0n) is 15.4. The van der Waals surface area contributed by atoms with Crippen molar-refractivity contribution in [3.63, 3.8) is 0 Å². The number of aromatic nitrogens is 1. The van der Waals surface area contributed by atoms with Crippen LogP contribution in [-0.4, -0.2) is 50.0 Å². The molecule has 1 aliphatic rings. The number of Topliss-reactive ketones (excluding diaryl/α,β-unsaturated/α-hetero) is 1. The minimum absolute atomic E-state index is 0.0101. The van der Waals surface area contributed by atoms with Crippen LogP contribution in [0.25, 0.3) is 0 Å². The van der Waals surface area contributed by atoms with Gasteiger partial charge in [-0.25, -0.2) is 4.98 Å². The van der Waals surface area contributed by atoms with Crippen LogP contribution in [0.4, 0.5) is 5.13 Å². The van der Waals surface area contributed by atoms with Gasteiger partial charge in [0.25, 0.3) is 0 Å². The second-order valence-corrected chi connectivity index (χ2v) is 8.20. The van der Waals surface area contributed by atoms with Gasteiger partial charge in [-0.15, -0.1) is 0 Å². The van der Waals surface area contributed by atoms with Gasteiger partial charge in [-0.05, 0) is 31.5 Å². The first-order valence-corrected chi connectivity index (χ1v) is 9.90. The van der Waals surface area contributed by atoms with Crippen LogP contribution in [0.2, 0.25) is 5.15 Å². The second kappa shape index (κ2) is 8.37. The Kier molecular flexibility index (Phi) is 6.16. The molecule has 1 aromatic heterocycles. The monoisotopic (exact) mass is 393 g/mol. The molecule has 140 valence electrons. The van der Waals surface area contributed by atoms with Crippen molar-refractivity contribution in [2.75, 3.05) is 39.2 Å². The Balaban J connectivity index is 1.68. The topological polar surface area (TPSA) is 45.7 Å².